The predicted molar refractivity (Wildman–Crippen MR) is 106 cm³/mol. The lowest BCUT2D eigenvalue weighted by atomic mass is 10.1. The van der Waals surface area contributed by atoms with Crippen LogP contribution in [0.15, 0.2) is 47.4 Å². The van der Waals surface area contributed by atoms with E-state index in [2.05, 4.69) is 5.43 Å². The van der Waals surface area contributed by atoms with Crippen molar-refractivity contribution in [1.29, 1.82) is 0 Å². The SMILES string of the molecule is O=C(CCc1ccc(S(=O)(=O)N2CCOCC2)cc1)NNC(=O)c1cc(F)ccc1F. The second-order valence-corrected chi connectivity index (χ2v) is 8.72. The predicted octanol–water partition coefficient (Wildman–Crippen LogP) is 1.38. The normalized spacial score (nSPS) is 14.8. The smallest absolute Gasteiger partial charge is 0.272 e. The maximum Gasteiger partial charge on any atom is 0.272 e. The van der Waals surface area contributed by atoms with Gasteiger partial charge in [0.25, 0.3) is 5.91 Å². The fraction of sp³-hybridized carbons (Fsp3) is 0.300. The Hall–Kier alpha value is -2.89. The zero-order valence-corrected chi connectivity index (χ0v) is 17.3. The maximum absolute atomic E-state index is 13.6. The number of carbonyl (C=O) groups excluding carboxylic acids is 2. The summed E-state index contributed by atoms with van der Waals surface area (Å²) >= 11 is 0. The molecule has 0 spiro atoms. The number of amides is 2. The second-order valence-electron chi connectivity index (χ2n) is 6.79. The number of rotatable bonds is 6. The molecule has 0 unspecified atom stereocenters. The molecule has 0 aliphatic carbocycles. The Morgan fingerprint density at radius 1 is 1.00 bits per heavy atom. The van der Waals surface area contributed by atoms with Crippen LogP contribution in [0.5, 0.6) is 0 Å². The molecule has 0 bridgehead atoms. The van der Waals surface area contributed by atoms with Gasteiger partial charge in [0, 0.05) is 19.5 Å². The van der Waals surface area contributed by atoms with Gasteiger partial charge in [-0.2, -0.15) is 4.31 Å². The minimum Gasteiger partial charge on any atom is -0.379 e. The summed E-state index contributed by atoms with van der Waals surface area (Å²) in [4.78, 5) is 23.9. The van der Waals surface area contributed by atoms with Crippen LogP contribution in [-0.4, -0.2) is 50.8 Å². The molecule has 0 saturated carbocycles. The molecule has 2 aromatic rings. The van der Waals surface area contributed by atoms with Gasteiger partial charge in [0.2, 0.25) is 15.9 Å². The fourth-order valence-electron chi connectivity index (χ4n) is 2.95. The number of halogens is 2. The van der Waals surface area contributed by atoms with Crippen molar-refractivity contribution in [3.05, 3.63) is 65.2 Å². The summed E-state index contributed by atoms with van der Waals surface area (Å²) in [6.45, 7) is 1.31. The number of ether oxygens (including phenoxy) is 1. The van der Waals surface area contributed by atoms with Crippen molar-refractivity contribution in [3.8, 4) is 0 Å². The minimum absolute atomic E-state index is 0.0124. The molecule has 8 nitrogen and oxygen atoms in total. The van der Waals surface area contributed by atoms with Gasteiger partial charge in [-0.25, -0.2) is 17.2 Å². The third-order valence-electron chi connectivity index (χ3n) is 4.66. The lowest BCUT2D eigenvalue weighted by molar-refractivity contribution is -0.121. The van der Waals surface area contributed by atoms with Crippen LogP contribution >= 0.6 is 0 Å². The molecule has 1 aliphatic rings. The number of nitrogens with zero attached hydrogens (tertiary/aromatic N) is 1. The lowest BCUT2D eigenvalue weighted by Crippen LogP contribution is -2.42. The van der Waals surface area contributed by atoms with Crippen LogP contribution in [0.4, 0.5) is 8.78 Å². The van der Waals surface area contributed by atoms with E-state index in [1.54, 1.807) is 12.1 Å². The first-order valence-corrected chi connectivity index (χ1v) is 10.9. The summed E-state index contributed by atoms with van der Waals surface area (Å²) in [7, 11) is -3.59. The van der Waals surface area contributed by atoms with Gasteiger partial charge in [-0.05, 0) is 42.3 Å². The lowest BCUT2D eigenvalue weighted by Gasteiger charge is -2.26. The summed E-state index contributed by atoms with van der Waals surface area (Å²) < 4.78 is 58.4. The van der Waals surface area contributed by atoms with Crippen molar-refractivity contribution < 1.29 is 31.5 Å². The van der Waals surface area contributed by atoms with Gasteiger partial charge in [0.05, 0.1) is 23.7 Å². The molecular weight excluding hydrogens is 432 g/mol. The van der Waals surface area contributed by atoms with Crippen LogP contribution in [0, 0.1) is 11.6 Å². The summed E-state index contributed by atoms with van der Waals surface area (Å²) in [5, 5.41) is 0. The average molecular weight is 453 g/mol. The Bertz CT molecular complexity index is 1050. The van der Waals surface area contributed by atoms with Crippen LogP contribution in [0.25, 0.3) is 0 Å². The van der Waals surface area contributed by atoms with Crippen molar-refractivity contribution in [2.75, 3.05) is 26.3 Å². The Balaban J connectivity index is 1.50. The van der Waals surface area contributed by atoms with Crippen molar-refractivity contribution >= 4 is 21.8 Å². The van der Waals surface area contributed by atoms with Gasteiger partial charge < -0.3 is 4.74 Å². The highest BCUT2D eigenvalue weighted by Crippen LogP contribution is 2.18. The van der Waals surface area contributed by atoms with Crippen molar-refractivity contribution in [3.63, 3.8) is 0 Å². The largest absolute Gasteiger partial charge is 0.379 e. The first-order chi connectivity index (χ1) is 14.8. The summed E-state index contributed by atoms with van der Waals surface area (Å²) in [6, 6.07) is 8.60. The second kappa shape index (κ2) is 9.94. The van der Waals surface area contributed by atoms with E-state index in [1.165, 1.54) is 16.4 Å². The molecule has 2 aromatic carbocycles. The van der Waals surface area contributed by atoms with E-state index in [0.29, 0.717) is 26.3 Å². The topological polar surface area (TPSA) is 105 Å². The summed E-state index contributed by atoms with van der Waals surface area (Å²) in [6.07, 6.45) is 0.273. The van der Waals surface area contributed by atoms with Crippen LogP contribution < -0.4 is 10.9 Å². The average Bonchev–Trinajstić information content (AvgIpc) is 2.78. The molecule has 166 valence electrons. The molecule has 0 radical (unpaired) electrons. The molecule has 31 heavy (non-hydrogen) atoms. The van der Waals surface area contributed by atoms with E-state index in [0.717, 1.165) is 23.8 Å². The van der Waals surface area contributed by atoms with Gasteiger partial charge in [-0.1, -0.05) is 12.1 Å². The number of morpholine rings is 1. The van der Waals surface area contributed by atoms with E-state index in [-0.39, 0.29) is 17.7 Å². The third kappa shape index (κ3) is 5.84. The molecule has 2 amide bonds. The Morgan fingerprint density at radius 3 is 2.35 bits per heavy atom. The van der Waals surface area contributed by atoms with Crippen LogP contribution in [0.3, 0.4) is 0 Å². The zero-order valence-electron chi connectivity index (χ0n) is 16.4. The zero-order chi connectivity index (χ0) is 22.4. The third-order valence-corrected chi connectivity index (χ3v) is 6.57. The van der Waals surface area contributed by atoms with E-state index in [9.17, 15) is 26.8 Å². The van der Waals surface area contributed by atoms with E-state index in [4.69, 9.17) is 4.74 Å². The van der Waals surface area contributed by atoms with Crippen LogP contribution in [-0.2, 0) is 26.0 Å². The van der Waals surface area contributed by atoms with Crippen LogP contribution in [0.1, 0.15) is 22.3 Å². The molecule has 3 rings (SSSR count). The molecule has 1 aliphatic heterocycles. The first kappa shape index (κ1) is 22.8. The minimum atomic E-state index is -3.59. The monoisotopic (exact) mass is 453 g/mol. The Labute approximate surface area is 178 Å². The highest BCUT2D eigenvalue weighted by molar-refractivity contribution is 7.89. The number of aryl methyl sites for hydroxylation is 1. The number of sulfonamides is 1. The fourth-order valence-corrected chi connectivity index (χ4v) is 4.36. The number of nitrogens with one attached hydrogen (secondary N) is 2. The quantitative estimate of drug-likeness (QED) is 0.643. The number of carbonyl (C=O) groups is 2. The molecular formula is C20H21F2N3O5S. The first-order valence-electron chi connectivity index (χ1n) is 9.48. The number of benzene rings is 2. The molecule has 0 aromatic heterocycles. The van der Waals surface area contributed by atoms with Gasteiger partial charge in [-0.3, -0.25) is 20.4 Å². The molecule has 11 heteroatoms. The van der Waals surface area contributed by atoms with Crippen molar-refractivity contribution in [2.45, 2.75) is 17.7 Å². The standard InChI is InChI=1S/C20H21F2N3O5S/c21-15-4-7-18(22)17(13-15)20(27)24-23-19(26)8-3-14-1-5-16(6-2-14)31(28,29)25-9-11-30-12-10-25/h1-2,4-7,13H,3,8-12H2,(H,23,26)(H,24,27). The highest BCUT2D eigenvalue weighted by Gasteiger charge is 2.26. The number of hydrogen-bond donors (Lipinski definition) is 2. The number of hydrazine groups is 1. The summed E-state index contributed by atoms with van der Waals surface area (Å²) in [5.41, 5.74) is 4.35. The molecule has 0 atom stereocenters. The highest BCUT2D eigenvalue weighted by atomic mass is 32.2. The molecule has 1 saturated heterocycles. The molecule has 2 N–H and O–H groups in total. The van der Waals surface area contributed by atoms with Crippen LogP contribution in [0.2, 0.25) is 0 Å². The van der Waals surface area contributed by atoms with E-state index in [1.807, 2.05) is 5.43 Å². The summed E-state index contributed by atoms with van der Waals surface area (Å²) in [5.74, 6) is -3.23. The maximum atomic E-state index is 13.6. The van der Waals surface area contributed by atoms with Gasteiger partial charge in [0.1, 0.15) is 11.6 Å². The van der Waals surface area contributed by atoms with E-state index < -0.39 is 39.0 Å². The Morgan fingerprint density at radius 2 is 1.68 bits per heavy atom. The molecule has 1 fully saturated rings. The number of hydrogen-bond acceptors (Lipinski definition) is 5. The van der Waals surface area contributed by atoms with Gasteiger partial charge in [0.15, 0.2) is 0 Å². The van der Waals surface area contributed by atoms with Gasteiger partial charge in [-0.15, -0.1) is 0 Å². The van der Waals surface area contributed by atoms with Crippen molar-refractivity contribution in [2.24, 2.45) is 0 Å². The van der Waals surface area contributed by atoms with Gasteiger partial charge >= 0.3 is 0 Å². The Kier molecular flexibility index (Phi) is 7.31. The van der Waals surface area contributed by atoms with Crippen molar-refractivity contribution in [1.82, 2.24) is 15.2 Å². The van der Waals surface area contributed by atoms with E-state index >= 15 is 0 Å². The molecule has 1 heterocycles.